The van der Waals surface area contributed by atoms with Crippen LogP contribution in [0.15, 0.2) is 30.0 Å². The molecule has 0 saturated heterocycles. The second-order valence-corrected chi connectivity index (χ2v) is 6.14. The number of nitrogens with one attached hydrogen (secondary N) is 1. The van der Waals surface area contributed by atoms with E-state index in [4.69, 9.17) is 32.7 Å². The summed E-state index contributed by atoms with van der Waals surface area (Å²) in [5, 5.41) is 3.56. The third-order valence-corrected chi connectivity index (χ3v) is 3.89. The maximum Gasteiger partial charge on any atom is 0.355 e. The number of carbonyl (C=O) groups excluding carboxylic acids is 2. The molecule has 7 heteroatoms. The Labute approximate surface area is 158 Å². The van der Waals surface area contributed by atoms with Crippen molar-refractivity contribution in [3.05, 3.63) is 40.0 Å². The Hall–Kier alpha value is -1.72. The van der Waals surface area contributed by atoms with Crippen molar-refractivity contribution in [1.29, 1.82) is 0 Å². The van der Waals surface area contributed by atoms with E-state index in [1.807, 2.05) is 13.8 Å². The number of hydrogen-bond acceptors (Lipinski definition) is 5. The maximum absolute atomic E-state index is 12.2. The standard InChI is InChI=1S/C18H23Cl2NO4/c1-3-5-9-24-17(22)12-16(18(23)25-10-6-4-2)21-13-7-8-14(19)15(20)11-13/h7-8,11-12,21H,3-6,9-10H2,1-2H3. The van der Waals surface area contributed by atoms with Gasteiger partial charge in [0.05, 0.1) is 29.3 Å². The number of esters is 2. The van der Waals surface area contributed by atoms with Crippen LogP contribution in [0, 0.1) is 0 Å². The SMILES string of the molecule is CCCCOC(=O)C=C(Nc1ccc(Cl)c(Cl)c1)C(=O)OCCCC. The quantitative estimate of drug-likeness (QED) is 0.348. The van der Waals surface area contributed by atoms with Crippen LogP contribution in [0.4, 0.5) is 5.69 Å². The topological polar surface area (TPSA) is 64.6 Å². The molecule has 0 bridgehead atoms. The first kappa shape index (κ1) is 21.3. The van der Waals surface area contributed by atoms with E-state index in [9.17, 15) is 9.59 Å². The largest absolute Gasteiger partial charge is 0.462 e. The van der Waals surface area contributed by atoms with Gasteiger partial charge in [-0.05, 0) is 31.0 Å². The van der Waals surface area contributed by atoms with Gasteiger partial charge >= 0.3 is 11.9 Å². The van der Waals surface area contributed by atoms with Gasteiger partial charge < -0.3 is 14.8 Å². The zero-order valence-corrected chi connectivity index (χ0v) is 16.0. The van der Waals surface area contributed by atoms with Crippen molar-refractivity contribution in [2.24, 2.45) is 0 Å². The fraction of sp³-hybridized carbons (Fsp3) is 0.444. The molecule has 25 heavy (non-hydrogen) atoms. The van der Waals surface area contributed by atoms with E-state index >= 15 is 0 Å². The normalized spacial score (nSPS) is 11.1. The molecular weight excluding hydrogens is 365 g/mol. The molecule has 0 aromatic heterocycles. The molecular formula is C18H23Cl2NO4. The Morgan fingerprint density at radius 2 is 1.68 bits per heavy atom. The third-order valence-electron chi connectivity index (χ3n) is 3.15. The highest BCUT2D eigenvalue weighted by Crippen LogP contribution is 2.25. The van der Waals surface area contributed by atoms with Crippen molar-refractivity contribution in [3.63, 3.8) is 0 Å². The van der Waals surface area contributed by atoms with Gasteiger partial charge in [-0.3, -0.25) is 0 Å². The van der Waals surface area contributed by atoms with Gasteiger partial charge in [0.25, 0.3) is 0 Å². The van der Waals surface area contributed by atoms with Crippen LogP contribution >= 0.6 is 23.2 Å². The Balaban J connectivity index is 2.87. The average molecular weight is 388 g/mol. The molecule has 0 spiro atoms. The first-order valence-corrected chi connectivity index (χ1v) is 9.01. The van der Waals surface area contributed by atoms with Gasteiger partial charge in [-0.1, -0.05) is 49.9 Å². The van der Waals surface area contributed by atoms with E-state index in [0.29, 0.717) is 22.3 Å². The van der Waals surface area contributed by atoms with Crippen LogP contribution in [-0.2, 0) is 19.1 Å². The second kappa shape index (κ2) is 11.8. The monoisotopic (exact) mass is 387 g/mol. The number of anilines is 1. The molecule has 0 aliphatic rings. The first-order chi connectivity index (χ1) is 12.0. The zero-order chi connectivity index (χ0) is 18.7. The van der Waals surface area contributed by atoms with Crippen LogP contribution in [0.3, 0.4) is 0 Å². The van der Waals surface area contributed by atoms with Gasteiger partial charge in [-0.2, -0.15) is 0 Å². The molecule has 0 radical (unpaired) electrons. The fourth-order valence-corrected chi connectivity index (χ4v) is 2.04. The Morgan fingerprint density at radius 1 is 1.04 bits per heavy atom. The van der Waals surface area contributed by atoms with Crippen LogP contribution in [0.2, 0.25) is 10.0 Å². The minimum atomic E-state index is -0.632. The van der Waals surface area contributed by atoms with E-state index in [0.717, 1.165) is 31.8 Å². The van der Waals surface area contributed by atoms with Gasteiger partial charge in [0.2, 0.25) is 0 Å². The van der Waals surface area contributed by atoms with Gasteiger partial charge in [0.15, 0.2) is 0 Å². The molecule has 1 N–H and O–H groups in total. The molecule has 0 unspecified atom stereocenters. The van der Waals surface area contributed by atoms with Crippen molar-refractivity contribution in [2.75, 3.05) is 18.5 Å². The van der Waals surface area contributed by atoms with Crippen molar-refractivity contribution in [3.8, 4) is 0 Å². The molecule has 0 heterocycles. The van der Waals surface area contributed by atoms with Gasteiger partial charge in [-0.15, -0.1) is 0 Å². The van der Waals surface area contributed by atoms with Crippen LogP contribution < -0.4 is 5.32 Å². The van der Waals surface area contributed by atoms with Crippen LogP contribution in [0.5, 0.6) is 0 Å². The number of benzene rings is 1. The Kier molecular flexibility index (Phi) is 10.0. The van der Waals surface area contributed by atoms with Gasteiger partial charge in [0, 0.05) is 5.69 Å². The highest BCUT2D eigenvalue weighted by Gasteiger charge is 2.15. The minimum absolute atomic E-state index is 0.0176. The Morgan fingerprint density at radius 3 is 2.28 bits per heavy atom. The van der Waals surface area contributed by atoms with Gasteiger partial charge in [0.1, 0.15) is 5.70 Å². The molecule has 0 aliphatic heterocycles. The molecule has 0 aliphatic carbocycles. The third kappa shape index (κ3) is 8.27. The minimum Gasteiger partial charge on any atom is -0.462 e. The highest BCUT2D eigenvalue weighted by molar-refractivity contribution is 6.42. The first-order valence-electron chi connectivity index (χ1n) is 8.25. The number of halogens is 2. The van der Waals surface area contributed by atoms with Crippen LogP contribution in [0.1, 0.15) is 39.5 Å². The number of carbonyl (C=O) groups is 2. The molecule has 1 aromatic rings. The average Bonchev–Trinajstić information content (AvgIpc) is 2.58. The fourth-order valence-electron chi connectivity index (χ4n) is 1.74. The van der Waals surface area contributed by atoms with Crippen molar-refractivity contribution >= 4 is 40.8 Å². The summed E-state index contributed by atoms with van der Waals surface area (Å²) in [7, 11) is 0. The van der Waals surface area contributed by atoms with Crippen molar-refractivity contribution in [2.45, 2.75) is 39.5 Å². The predicted octanol–water partition coefficient (Wildman–Crippen LogP) is 4.98. The maximum atomic E-state index is 12.2. The van der Waals surface area contributed by atoms with Crippen molar-refractivity contribution < 1.29 is 19.1 Å². The summed E-state index contributed by atoms with van der Waals surface area (Å²) in [6, 6.07) is 4.79. The lowest BCUT2D eigenvalue weighted by molar-refractivity contribution is -0.141. The molecule has 138 valence electrons. The zero-order valence-electron chi connectivity index (χ0n) is 14.4. The number of hydrogen-bond donors (Lipinski definition) is 1. The summed E-state index contributed by atoms with van der Waals surface area (Å²) in [5.41, 5.74) is 0.491. The van der Waals surface area contributed by atoms with Gasteiger partial charge in [-0.25, -0.2) is 9.59 Å². The Bertz CT molecular complexity index is 617. The van der Waals surface area contributed by atoms with Crippen LogP contribution in [-0.4, -0.2) is 25.2 Å². The summed E-state index contributed by atoms with van der Waals surface area (Å²) in [6.07, 6.45) is 4.39. The molecule has 1 rings (SSSR count). The summed E-state index contributed by atoms with van der Waals surface area (Å²) in [4.78, 5) is 24.1. The van der Waals surface area contributed by atoms with E-state index in [1.54, 1.807) is 18.2 Å². The highest BCUT2D eigenvalue weighted by atomic mass is 35.5. The summed E-state index contributed by atoms with van der Waals surface area (Å²) < 4.78 is 10.2. The number of rotatable bonds is 10. The molecule has 1 aromatic carbocycles. The van der Waals surface area contributed by atoms with Crippen molar-refractivity contribution in [1.82, 2.24) is 0 Å². The summed E-state index contributed by atoms with van der Waals surface area (Å²) in [6.45, 7) is 4.56. The summed E-state index contributed by atoms with van der Waals surface area (Å²) >= 11 is 11.8. The predicted molar refractivity (Wildman–Crippen MR) is 99.9 cm³/mol. The number of unbranched alkanes of at least 4 members (excludes halogenated alkanes) is 2. The van der Waals surface area contributed by atoms with E-state index in [2.05, 4.69) is 5.32 Å². The second-order valence-electron chi connectivity index (χ2n) is 5.32. The summed E-state index contributed by atoms with van der Waals surface area (Å²) in [5.74, 6) is -1.24. The molecule has 0 atom stereocenters. The lowest BCUT2D eigenvalue weighted by atomic mass is 10.3. The molecule has 0 amide bonds. The molecule has 0 fully saturated rings. The van der Waals surface area contributed by atoms with E-state index in [1.165, 1.54) is 0 Å². The van der Waals surface area contributed by atoms with E-state index < -0.39 is 11.9 Å². The lowest BCUT2D eigenvalue weighted by Gasteiger charge is -2.11. The molecule has 0 saturated carbocycles. The van der Waals surface area contributed by atoms with Crippen LogP contribution in [0.25, 0.3) is 0 Å². The molecule has 5 nitrogen and oxygen atoms in total. The lowest BCUT2D eigenvalue weighted by Crippen LogP contribution is -2.18. The number of ether oxygens (including phenoxy) is 2. The smallest absolute Gasteiger partial charge is 0.355 e. The van der Waals surface area contributed by atoms with E-state index in [-0.39, 0.29) is 12.3 Å².